The van der Waals surface area contributed by atoms with Gasteiger partial charge in [-0.1, -0.05) is 12.1 Å². The Kier molecular flexibility index (Phi) is 5.89. The summed E-state index contributed by atoms with van der Waals surface area (Å²) in [6.07, 6.45) is 1.40. The number of nitrogens with zero attached hydrogens (tertiary/aromatic N) is 2. The molecule has 2 saturated heterocycles. The number of carbonyl (C=O) groups excluding carboxylic acids is 4. The minimum absolute atomic E-state index is 0.237. The van der Waals surface area contributed by atoms with E-state index >= 15 is 0 Å². The SMILES string of the molecule is CNC(=O)Nc1ccc2c(c1)CC[C@@]21OC(=O)N(CC(=O)N2CCC[C@@H]2c2ccc(F)cc2C)C1=O. The Bertz CT molecular complexity index is 1280. The van der Waals surface area contributed by atoms with Gasteiger partial charge in [-0.25, -0.2) is 18.9 Å². The summed E-state index contributed by atoms with van der Waals surface area (Å²) in [6, 6.07) is 8.98. The van der Waals surface area contributed by atoms with Crippen LogP contribution in [0.1, 0.15) is 47.6 Å². The fourth-order valence-corrected chi connectivity index (χ4v) is 5.55. The molecule has 0 radical (unpaired) electrons. The minimum atomic E-state index is -1.46. The van der Waals surface area contributed by atoms with E-state index in [4.69, 9.17) is 4.74 Å². The van der Waals surface area contributed by atoms with E-state index in [9.17, 15) is 23.6 Å². The van der Waals surface area contributed by atoms with E-state index in [0.717, 1.165) is 34.4 Å². The number of hydrogen-bond donors (Lipinski definition) is 2. The van der Waals surface area contributed by atoms with Crippen LogP contribution in [0.25, 0.3) is 0 Å². The number of hydrogen-bond acceptors (Lipinski definition) is 5. The van der Waals surface area contributed by atoms with Gasteiger partial charge in [-0.15, -0.1) is 0 Å². The van der Waals surface area contributed by atoms with Crippen molar-refractivity contribution >= 4 is 29.6 Å². The fraction of sp³-hybridized carbons (Fsp3) is 0.385. The second kappa shape index (κ2) is 8.92. The van der Waals surface area contributed by atoms with Gasteiger partial charge in [-0.2, -0.15) is 0 Å². The first-order valence-electron chi connectivity index (χ1n) is 12.0. The fourth-order valence-electron chi connectivity index (χ4n) is 5.55. The maximum absolute atomic E-state index is 13.6. The Morgan fingerprint density at radius 1 is 1.19 bits per heavy atom. The monoisotopic (exact) mass is 494 g/mol. The van der Waals surface area contributed by atoms with Gasteiger partial charge in [0.05, 0.1) is 6.04 Å². The molecule has 10 heteroatoms. The van der Waals surface area contributed by atoms with Crippen molar-refractivity contribution in [2.24, 2.45) is 0 Å². The number of ether oxygens (including phenoxy) is 1. The first kappa shape index (κ1) is 23.8. The molecule has 36 heavy (non-hydrogen) atoms. The number of benzene rings is 2. The zero-order valence-electron chi connectivity index (χ0n) is 20.1. The number of carbonyl (C=O) groups is 4. The molecule has 0 saturated carbocycles. The number of amides is 5. The third-order valence-corrected chi connectivity index (χ3v) is 7.30. The van der Waals surface area contributed by atoms with Gasteiger partial charge in [0.2, 0.25) is 11.5 Å². The number of imide groups is 1. The lowest BCUT2D eigenvalue weighted by atomic mass is 9.94. The van der Waals surface area contributed by atoms with Crippen LogP contribution in [0.5, 0.6) is 0 Å². The molecule has 2 atom stereocenters. The summed E-state index contributed by atoms with van der Waals surface area (Å²) in [7, 11) is 1.51. The maximum atomic E-state index is 13.6. The van der Waals surface area contributed by atoms with Crippen molar-refractivity contribution in [3.8, 4) is 0 Å². The zero-order chi connectivity index (χ0) is 25.6. The van der Waals surface area contributed by atoms with Crippen LogP contribution in [0, 0.1) is 12.7 Å². The van der Waals surface area contributed by atoms with Crippen LogP contribution in [0.3, 0.4) is 0 Å². The van der Waals surface area contributed by atoms with Crippen molar-refractivity contribution < 1.29 is 28.3 Å². The Balaban J connectivity index is 1.34. The maximum Gasteiger partial charge on any atom is 0.418 e. The molecule has 9 nitrogen and oxygen atoms in total. The third kappa shape index (κ3) is 3.86. The second-order valence-electron chi connectivity index (χ2n) is 9.41. The number of halogens is 1. The van der Waals surface area contributed by atoms with E-state index in [1.54, 1.807) is 36.1 Å². The number of likely N-dealkylation sites (tertiary alicyclic amines) is 1. The number of fused-ring (bicyclic) bond motifs is 2. The average Bonchev–Trinajstić information content (AvgIpc) is 3.53. The molecule has 2 aliphatic heterocycles. The summed E-state index contributed by atoms with van der Waals surface area (Å²) in [5.74, 6) is -1.25. The zero-order valence-corrected chi connectivity index (χ0v) is 20.1. The lowest BCUT2D eigenvalue weighted by Gasteiger charge is -2.27. The molecule has 2 N–H and O–H groups in total. The van der Waals surface area contributed by atoms with E-state index in [1.807, 2.05) is 0 Å². The van der Waals surface area contributed by atoms with Crippen molar-refractivity contribution in [3.63, 3.8) is 0 Å². The summed E-state index contributed by atoms with van der Waals surface area (Å²) < 4.78 is 19.2. The summed E-state index contributed by atoms with van der Waals surface area (Å²) >= 11 is 0. The summed E-state index contributed by atoms with van der Waals surface area (Å²) in [5.41, 5.74) is 2.08. The van der Waals surface area contributed by atoms with Crippen LogP contribution in [-0.4, -0.2) is 53.9 Å². The van der Waals surface area contributed by atoms with Crippen molar-refractivity contribution in [2.45, 2.75) is 44.2 Å². The summed E-state index contributed by atoms with van der Waals surface area (Å²) in [4.78, 5) is 53.8. The van der Waals surface area contributed by atoms with Crippen molar-refractivity contribution in [1.82, 2.24) is 15.1 Å². The molecule has 1 spiro atoms. The molecular weight excluding hydrogens is 467 g/mol. The smallest absolute Gasteiger partial charge is 0.418 e. The van der Waals surface area contributed by atoms with Gasteiger partial charge < -0.3 is 20.3 Å². The minimum Gasteiger partial charge on any atom is -0.427 e. The van der Waals surface area contributed by atoms with Crippen molar-refractivity contribution in [2.75, 3.05) is 25.5 Å². The van der Waals surface area contributed by atoms with Crippen LogP contribution in [0.15, 0.2) is 36.4 Å². The molecule has 2 aromatic rings. The Morgan fingerprint density at radius 2 is 2.00 bits per heavy atom. The Morgan fingerprint density at radius 3 is 2.75 bits per heavy atom. The van der Waals surface area contributed by atoms with Crippen LogP contribution >= 0.6 is 0 Å². The normalized spacial score (nSPS) is 22.7. The van der Waals surface area contributed by atoms with E-state index in [1.165, 1.54) is 19.2 Å². The highest BCUT2D eigenvalue weighted by molar-refractivity contribution is 6.06. The number of nitrogens with one attached hydrogen (secondary N) is 2. The van der Waals surface area contributed by atoms with E-state index in [2.05, 4.69) is 10.6 Å². The quantitative estimate of drug-likeness (QED) is 0.678. The van der Waals surface area contributed by atoms with Crippen molar-refractivity contribution in [1.29, 1.82) is 0 Å². The molecule has 2 fully saturated rings. The highest BCUT2D eigenvalue weighted by Gasteiger charge is 2.58. The van der Waals surface area contributed by atoms with Gasteiger partial charge in [-0.05, 0) is 67.1 Å². The van der Waals surface area contributed by atoms with Crippen LogP contribution in [-0.2, 0) is 26.3 Å². The lowest BCUT2D eigenvalue weighted by Crippen LogP contribution is -2.44. The average molecular weight is 495 g/mol. The molecule has 0 bridgehead atoms. The van der Waals surface area contributed by atoms with Crippen molar-refractivity contribution in [3.05, 3.63) is 64.5 Å². The highest BCUT2D eigenvalue weighted by atomic mass is 19.1. The third-order valence-electron chi connectivity index (χ3n) is 7.30. The molecular formula is C26H27FN4O5. The topological polar surface area (TPSA) is 108 Å². The Labute approximate surface area is 207 Å². The van der Waals surface area contributed by atoms with Crippen LogP contribution < -0.4 is 10.6 Å². The first-order chi connectivity index (χ1) is 17.2. The highest BCUT2D eigenvalue weighted by Crippen LogP contribution is 2.46. The molecule has 2 aromatic carbocycles. The van der Waals surface area contributed by atoms with Gasteiger partial charge in [0.25, 0.3) is 5.91 Å². The second-order valence-corrected chi connectivity index (χ2v) is 9.41. The van der Waals surface area contributed by atoms with Gasteiger partial charge in [0.15, 0.2) is 0 Å². The van der Waals surface area contributed by atoms with Gasteiger partial charge in [0, 0.05) is 31.3 Å². The molecule has 0 unspecified atom stereocenters. The lowest BCUT2D eigenvalue weighted by molar-refractivity contribution is -0.142. The first-order valence-corrected chi connectivity index (χ1v) is 12.0. The van der Waals surface area contributed by atoms with Gasteiger partial charge >= 0.3 is 12.1 Å². The number of urea groups is 1. The number of anilines is 1. The molecule has 5 amide bonds. The van der Waals surface area contributed by atoms with Gasteiger partial charge in [0.1, 0.15) is 12.4 Å². The molecule has 1 aliphatic carbocycles. The summed E-state index contributed by atoms with van der Waals surface area (Å²) in [5, 5.41) is 5.16. The molecule has 2 heterocycles. The molecule has 0 aromatic heterocycles. The number of rotatable bonds is 4. The molecule has 3 aliphatic rings. The predicted molar refractivity (Wildman–Crippen MR) is 128 cm³/mol. The van der Waals surface area contributed by atoms with Gasteiger partial charge in [-0.3, -0.25) is 9.59 Å². The molecule has 5 rings (SSSR count). The van der Waals surface area contributed by atoms with Crippen LogP contribution in [0.4, 0.5) is 19.7 Å². The van der Waals surface area contributed by atoms with Crippen LogP contribution in [0.2, 0.25) is 0 Å². The molecule has 188 valence electrons. The Hall–Kier alpha value is -3.95. The number of aryl methyl sites for hydroxylation is 2. The van der Waals surface area contributed by atoms with E-state index in [0.29, 0.717) is 24.2 Å². The summed E-state index contributed by atoms with van der Waals surface area (Å²) in [6.45, 7) is 1.88. The largest absolute Gasteiger partial charge is 0.427 e. The van der Waals surface area contributed by atoms with E-state index in [-0.39, 0.29) is 30.2 Å². The predicted octanol–water partition coefficient (Wildman–Crippen LogP) is 3.37. The van der Waals surface area contributed by atoms with E-state index < -0.39 is 24.1 Å². The standard InChI is InChI=1S/C26H27FN4O5/c1-15-12-17(27)5-7-19(15)21-4-3-11-30(21)22(32)14-31-23(33)26(36-25(31)35)10-9-16-13-18(6-8-20(16)26)29-24(34)28-2/h5-8,12-13,21H,3-4,9-11,14H2,1-2H3,(H2,28,29,34)/t21-,26-/m1/s1.